The largest absolute Gasteiger partial charge is 0.507 e. The molecule has 4 aromatic rings. The van der Waals surface area contributed by atoms with E-state index >= 15 is 0 Å². The Bertz CT molecular complexity index is 1400. The van der Waals surface area contributed by atoms with Crippen LogP contribution in [0.1, 0.15) is 72.9 Å². The number of fused-ring (bicyclic) bond motifs is 2. The molecule has 6 nitrogen and oxygen atoms in total. The molecule has 0 radical (unpaired) electrons. The molecule has 0 fully saturated rings. The van der Waals surface area contributed by atoms with Crippen LogP contribution in [-0.2, 0) is 6.42 Å². The predicted octanol–water partition coefficient (Wildman–Crippen LogP) is 5.77. The second-order valence-corrected chi connectivity index (χ2v) is 9.27. The van der Waals surface area contributed by atoms with Crippen molar-refractivity contribution in [2.75, 3.05) is 0 Å². The summed E-state index contributed by atoms with van der Waals surface area (Å²) in [6, 6.07) is 7.48. The van der Waals surface area contributed by atoms with Crippen LogP contribution in [0.4, 0.5) is 0 Å². The van der Waals surface area contributed by atoms with Crippen LogP contribution < -0.4 is 11.3 Å². The second-order valence-electron chi connectivity index (χ2n) is 9.27. The van der Waals surface area contributed by atoms with Gasteiger partial charge >= 0.3 is 11.3 Å². The molecule has 0 saturated heterocycles. The highest BCUT2D eigenvalue weighted by molar-refractivity contribution is 5.91. The second kappa shape index (κ2) is 8.10. The lowest BCUT2D eigenvalue weighted by molar-refractivity contribution is 0.447. The van der Waals surface area contributed by atoms with Crippen molar-refractivity contribution in [1.29, 1.82) is 0 Å². The van der Waals surface area contributed by atoms with Crippen molar-refractivity contribution in [3.63, 3.8) is 0 Å². The van der Waals surface area contributed by atoms with Gasteiger partial charge in [-0.15, -0.1) is 0 Å². The number of benzene rings is 2. The third-order valence-corrected chi connectivity index (χ3v) is 6.32. The summed E-state index contributed by atoms with van der Waals surface area (Å²) < 4.78 is 11.3. The molecule has 2 aromatic heterocycles. The molecule has 0 spiro atoms. The van der Waals surface area contributed by atoms with Crippen molar-refractivity contribution in [3.8, 4) is 11.5 Å². The normalized spacial score (nSPS) is 11.9. The van der Waals surface area contributed by atoms with Crippen LogP contribution in [0.15, 0.2) is 42.7 Å². The maximum Gasteiger partial charge on any atom is 0.343 e. The monoisotopic (exact) mass is 448 g/mol. The minimum Gasteiger partial charge on any atom is -0.507 e. The summed E-state index contributed by atoms with van der Waals surface area (Å²) in [4.78, 5) is 25.8. The molecule has 172 valence electrons. The molecule has 6 heteroatoms. The lowest BCUT2D eigenvalue weighted by Gasteiger charge is -2.15. The van der Waals surface area contributed by atoms with E-state index in [1.165, 1.54) is 0 Å². The molecule has 0 atom stereocenters. The first-order valence-corrected chi connectivity index (χ1v) is 11.1. The van der Waals surface area contributed by atoms with Gasteiger partial charge in [-0.1, -0.05) is 52.0 Å². The van der Waals surface area contributed by atoms with Gasteiger partial charge in [-0.2, -0.15) is 0 Å². The Morgan fingerprint density at radius 3 is 1.39 bits per heavy atom. The fourth-order valence-electron chi connectivity index (χ4n) is 4.40. The highest BCUT2D eigenvalue weighted by Crippen LogP contribution is 2.38. The van der Waals surface area contributed by atoms with E-state index in [4.69, 9.17) is 8.83 Å². The summed E-state index contributed by atoms with van der Waals surface area (Å²) in [6.07, 6.45) is -0.315. The highest BCUT2D eigenvalue weighted by atomic mass is 16.4. The van der Waals surface area contributed by atoms with Gasteiger partial charge in [-0.25, -0.2) is 9.59 Å². The summed E-state index contributed by atoms with van der Waals surface area (Å²) in [7, 11) is 0. The van der Waals surface area contributed by atoms with Crippen LogP contribution in [0, 0.1) is 13.8 Å². The van der Waals surface area contributed by atoms with Gasteiger partial charge in [0.15, 0.2) is 0 Å². The number of hydrogen-bond donors (Lipinski definition) is 2. The zero-order chi connectivity index (χ0) is 24.2. The van der Waals surface area contributed by atoms with Crippen LogP contribution in [0.25, 0.3) is 21.9 Å². The summed E-state index contributed by atoms with van der Waals surface area (Å²) >= 11 is 0. The Morgan fingerprint density at radius 1 is 0.697 bits per heavy atom. The van der Waals surface area contributed by atoms with Crippen molar-refractivity contribution >= 4 is 21.9 Å². The van der Waals surface area contributed by atoms with E-state index in [0.29, 0.717) is 21.9 Å². The van der Waals surface area contributed by atoms with Gasteiger partial charge in [0.2, 0.25) is 0 Å². The van der Waals surface area contributed by atoms with Crippen molar-refractivity contribution in [3.05, 3.63) is 78.5 Å². The van der Waals surface area contributed by atoms with Crippen molar-refractivity contribution < 1.29 is 19.0 Å². The number of aryl methyl sites for hydroxylation is 2. The minimum absolute atomic E-state index is 0.0798. The number of aromatic hydroxyl groups is 2. The third-order valence-electron chi connectivity index (χ3n) is 6.32. The van der Waals surface area contributed by atoms with E-state index < -0.39 is 11.3 Å². The Hall–Kier alpha value is -3.54. The van der Waals surface area contributed by atoms with E-state index in [-0.39, 0.29) is 40.9 Å². The van der Waals surface area contributed by atoms with Gasteiger partial charge < -0.3 is 19.0 Å². The zero-order valence-corrected chi connectivity index (χ0v) is 19.7. The summed E-state index contributed by atoms with van der Waals surface area (Å²) in [5, 5.41) is 23.0. The standard InChI is InChI=1S/C27H28O6/c1-12(2)16-9-7-14(5)20-22(28)18(26(30)32-24(16)20)11-19-23(29)21-15(6)8-10-17(13(3)4)25(21)33-27(19)31/h7-10,12-13,28-29H,11H2,1-6H3. The molecule has 4 rings (SSSR count). The average Bonchev–Trinajstić information content (AvgIpc) is 2.72. The highest BCUT2D eigenvalue weighted by Gasteiger charge is 2.24. The van der Waals surface area contributed by atoms with Gasteiger partial charge in [0.25, 0.3) is 0 Å². The third kappa shape index (κ3) is 3.59. The molecule has 0 aliphatic heterocycles. The van der Waals surface area contributed by atoms with Crippen LogP contribution in [-0.4, -0.2) is 10.2 Å². The zero-order valence-electron chi connectivity index (χ0n) is 19.7. The SMILES string of the molecule is Cc1ccc(C(C)C)c2oc(=O)c(Cc3c(O)c4c(C)ccc(C(C)C)c4oc3=O)c(O)c12. The summed E-state index contributed by atoms with van der Waals surface area (Å²) in [5.74, 6) is -0.326. The lowest BCUT2D eigenvalue weighted by atomic mass is 9.94. The molecule has 0 unspecified atom stereocenters. The molecule has 2 N–H and O–H groups in total. The van der Waals surface area contributed by atoms with E-state index in [2.05, 4.69) is 0 Å². The molecule has 0 aliphatic carbocycles. The van der Waals surface area contributed by atoms with Gasteiger partial charge in [0.1, 0.15) is 22.7 Å². The fourth-order valence-corrected chi connectivity index (χ4v) is 4.40. The average molecular weight is 449 g/mol. The Balaban J connectivity index is 1.99. The predicted molar refractivity (Wildman–Crippen MR) is 129 cm³/mol. The van der Waals surface area contributed by atoms with Crippen molar-refractivity contribution in [1.82, 2.24) is 0 Å². The molecule has 0 aliphatic rings. The van der Waals surface area contributed by atoms with E-state index in [1.807, 2.05) is 65.8 Å². The van der Waals surface area contributed by atoms with Gasteiger partial charge in [-0.05, 0) is 47.9 Å². The van der Waals surface area contributed by atoms with Crippen LogP contribution in [0.2, 0.25) is 0 Å². The van der Waals surface area contributed by atoms with E-state index in [0.717, 1.165) is 22.3 Å². The first-order chi connectivity index (χ1) is 15.5. The molecular formula is C27H28O6. The molecule has 0 saturated carbocycles. The minimum atomic E-state index is -0.751. The van der Waals surface area contributed by atoms with Gasteiger partial charge in [0, 0.05) is 6.42 Å². The number of rotatable bonds is 4. The Labute approximate surface area is 191 Å². The first kappa shape index (κ1) is 22.6. The fraction of sp³-hybridized carbons (Fsp3) is 0.333. The topological polar surface area (TPSA) is 101 Å². The van der Waals surface area contributed by atoms with E-state index in [1.54, 1.807) is 0 Å². The Morgan fingerprint density at radius 2 is 1.06 bits per heavy atom. The maximum atomic E-state index is 12.9. The summed E-state index contributed by atoms with van der Waals surface area (Å²) in [5.41, 5.74) is 2.08. The summed E-state index contributed by atoms with van der Waals surface area (Å²) in [6.45, 7) is 11.5. The quantitative estimate of drug-likeness (QED) is 0.385. The number of hydrogen-bond acceptors (Lipinski definition) is 6. The van der Waals surface area contributed by atoms with E-state index in [9.17, 15) is 19.8 Å². The molecule has 33 heavy (non-hydrogen) atoms. The first-order valence-electron chi connectivity index (χ1n) is 11.1. The van der Waals surface area contributed by atoms with Gasteiger partial charge in [-0.3, -0.25) is 0 Å². The molecule has 2 heterocycles. The molecular weight excluding hydrogens is 420 g/mol. The van der Waals surface area contributed by atoms with Crippen LogP contribution >= 0.6 is 0 Å². The molecule has 0 bridgehead atoms. The van der Waals surface area contributed by atoms with Crippen molar-refractivity contribution in [2.45, 2.75) is 59.8 Å². The van der Waals surface area contributed by atoms with Crippen LogP contribution in [0.5, 0.6) is 11.5 Å². The van der Waals surface area contributed by atoms with Crippen molar-refractivity contribution in [2.24, 2.45) is 0 Å². The Kier molecular flexibility index (Phi) is 5.56. The lowest BCUT2D eigenvalue weighted by Crippen LogP contribution is -2.15. The smallest absolute Gasteiger partial charge is 0.343 e. The van der Waals surface area contributed by atoms with Gasteiger partial charge in [0.05, 0.1) is 21.9 Å². The molecule has 2 aromatic carbocycles. The maximum absolute atomic E-state index is 12.9. The van der Waals surface area contributed by atoms with Crippen LogP contribution in [0.3, 0.4) is 0 Å². The molecule has 0 amide bonds.